The molecule has 0 N–H and O–H groups in total. The summed E-state index contributed by atoms with van der Waals surface area (Å²) in [7, 11) is 0. The summed E-state index contributed by atoms with van der Waals surface area (Å²) in [6.45, 7) is 0.354. The highest BCUT2D eigenvalue weighted by atomic mass is 16.6. The number of benzene rings is 2. The first-order valence-corrected chi connectivity index (χ1v) is 8.31. The van der Waals surface area contributed by atoms with Crippen molar-refractivity contribution in [1.82, 2.24) is 9.55 Å². The third-order valence-electron chi connectivity index (χ3n) is 4.62. The number of non-ortho nitro benzene ring substituents is 1. The smallest absolute Gasteiger partial charge is 0.294 e. The fourth-order valence-electron chi connectivity index (χ4n) is 3.27. The molecule has 4 rings (SSSR count). The van der Waals surface area contributed by atoms with Crippen LogP contribution in [0.1, 0.15) is 15.9 Å². The number of nitro benzene ring substituents is 2. The van der Waals surface area contributed by atoms with E-state index >= 15 is 0 Å². The van der Waals surface area contributed by atoms with E-state index in [0.29, 0.717) is 18.7 Å². The van der Waals surface area contributed by atoms with E-state index in [1.54, 1.807) is 12.3 Å². The van der Waals surface area contributed by atoms with Crippen molar-refractivity contribution in [2.45, 2.75) is 6.42 Å². The molecule has 0 aliphatic carbocycles. The molecule has 0 radical (unpaired) electrons. The van der Waals surface area contributed by atoms with Crippen LogP contribution in [-0.4, -0.2) is 31.8 Å². The minimum atomic E-state index is -0.561. The standard InChI is InChI=1S/C18H13N5O5/c24-18(21-7-5-12-1-3-14(22(25)26)10-16(12)21)13-2-4-15(17(9-13)23(27)28)20-8-6-19-11-20/h1-4,6,8-11H,5,7H2. The van der Waals surface area contributed by atoms with Gasteiger partial charge in [-0.3, -0.25) is 25.0 Å². The van der Waals surface area contributed by atoms with E-state index in [9.17, 15) is 25.0 Å². The summed E-state index contributed by atoms with van der Waals surface area (Å²) >= 11 is 0. The summed E-state index contributed by atoms with van der Waals surface area (Å²) in [6, 6.07) is 8.59. The predicted octanol–water partition coefficient (Wildman–Crippen LogP) is 2.89. The van der Waals surface area contributed by atoms with E-state index in [4.69, 9.17) is 0 Å². The first-order chi connectivity index (χ1) is 13.5. The monoisotopic (exact) mass is 379 g/mol. The van der Waals surface area contributed by atoms with Gasteiger partial charge in [0.1, 0.15) is 5.69 Å². The normalized spacial score (nSPS) is 12.6. The van der Waals surface area contributed by atoms with Crippen molar-refractivity contribution in [3.63, 3.8) is 0 Å². The Kier molecular flexibility index (Phi) is 4.07. The minimum Gasteiger partial charge on any atom is -0.307 e. The van der Waals surface area contributed by atoms with E-state index in [0.717, 1.165) is 5.56 Å². The van der Waals surface area contributed by atoms with Crippen LogP contribution in [-0.2, 0) is 6.42 Å². The summed E-state index contributed by atoms with van der Waals surface area (Å²) in [4.78, 5) is 39.7. The topological polar surface area (TPSA) is 124 Å². The maximum Gasteiger partial charge on any atom is 0.294 e. The van der Waals surface area contributed by atoms with Crippen LogP contribution < -0.4 is 4.90 Å². The van der Waals surface area contributed by atoms with Crippen molar-refractivity contribution in [1.29, 1.82) is 0 Å². The van der Waals surface area contributed by atoms with E-state index in [2.05, 4.69) is 4.98 Å². The molecule has 3 aromatic rings. The molecule has 0 bridgehead atoms. The van der Waals surface area contributed by atoms with Crippen molar-refractivity contribution in [3.8, 4) is 5.69 Å². The number of fused-ring (bicyclic) bond motifs is 1. The van der Waals surface area contributed by atoms with Gasteiger partial charge in [-0.25, -0.2) is 4.98 Å². The van der Waals surface area contributed by atoms with Gasteiger partial charge in [-0.15, -0.1) is 0 Å². The van der Waals surface area contributed by atoms with Crippen LogP contribution in [0.4, 0.5) is 17.1 Å². The average molecular weight is 379 g/mol. The Morgan fingerprint density at radius 3 is 2.54 bits per heavy atom. The number of hydrogen-bond acceptors (Lipinski definition) is 6. The van der Waals surface area contributed by atoms with Gasteiger partial charge in [0, 0.05) is 42.7 Å². The zero-order valence-corrected chi connectivity index (χ0v) is 14.4. The second-order valence-corrected chi connectivity index (χ2v) is 6.21. The largest absolute Gasteiger partial charge is 0.307 e. The molecule has 10 nitrogen and oxygen atoms in total. The number of nitrogens with zero attached hydrogens (tertiary/aromatic N) is 5. The lowest BCUT2D eigenvalue weighted by molar-refractivity contribution is -0.384. The van der Waals surface area contributed by atoms with E-state index in [-0.39, 0.29) is 22.6 Å². The molecule has 1 aromatic heterocycles. The Morgan fingerprint density at radius 1 is 1.04 bits per heavy atom. The first-order valence-electron chi connectivity index (χ1n) is 8.31. The third kappa shape index (κ3) is 2.86. The van der Waals surface area contributed by atoms with E-state index < -0.39 is 15.8 Å². The van der Waals surface area contributed by atoms with Crippen LogP contribution in [0, 0.1) is 20.2 Å². The number of aromatic nitrogens is 2. The third-order valence-corrected chi connectivity index (χ3v) is 4.62. The summed E-state index contributed by atoms with van der Waals surface area (Å²) in [5, 5.41) is 22.5. The van der Waals surface area contributed by atoms with Gasteiger partial charge in [-0.1, -0.05) is 6.07 Å². The van der Waals surface area contributed by atoms with Gasteiger partial charge in [0.15, 0.2) is 0 Å². The van der Waals surface area contributed by atoms with Crippen molar-refractivity contribution in [2.75, 3.05) is 11.4 Å². The molecular weight excluding hydrogens is 366 g/mol. The number of hydrogen-bond donors (Lipinski definition) is 0. The maximum atomic E-state index is 13.0. The molecule has 140 valence electrons. The number of rotatable bonds is 4. The SMILES string of the molecule is O=C(c1ccc(-n2ccnc2)c([N+](=O)[O-])c1)N1CCc2ccc([N+](=O)[O-])cc21. The maximum absolute atomic E-state index is 13.0. The van der Waals surface area contributed by atoms with Crippen molar-refractivity contribution < 1.29 is 14.6 Å². The van der Waals surface area contributed by atoms with Gasteiger partial charge in [0.05, 0.1) is 21.9 Å². The fourth-order valence-corrected chi connectivity index (χ4v) is 3.27. The van der Waals surface area contributed by atoms with Crippen LogP contribution in [0.15, 0.2) is 55.1 Å². The van der Waals surface area contributed by atoms with Gasteiger partial charge < -0.3 is 9.47 Å². The molecule has 1 aliphatic heterocycles. The number of anilines is 1. The molecule has 0 fully saturated rings. The summed E-state index contributed by atoms with van der Waals surface area (Å²) in [6.07, 6.45) is 5.06. The van der Waals surface area contributed by atoms with Gasteiger partial charge in [0.2, 0.25) is 0 Å². The molecule has 1 aliphatic rings. The number of amides is 1. The van der Waals surface area contributed by atoms with Crippen LogP contribution in [0.2, 0.25) is 0 Å². The van der Waals surface area contributed by atoms with Gasteiger partial charge in [0.25, 0.3) is 17.3 Å². The minimum absolute atomic E-state index is 0.111. The van der Waals surface area contributed by atoms with Crippen LogP contribution in [0.25, 0.3) is 5.69 Å². The Labute approximate surface area is 158 Å². The fraction of sp³-hybridized carbons (Fsp3) is 0.111. The second kappa shape index (κ2) is 6.58. The van der Waals surface area contributed by atoms with E-state index in [1.165, 1.54) is 52.3 Å². The zero-order chi connectivity index (χ0) is 19.8. The van der Waals surface area contributed by atoms with Gasteiger partial charge in [-0.05, 0) is 24.1 Å². The number of nitro groups is 2. The first kappa shape index (κ1) is 17.3. The predicted molar refractivity (Wildman–Crippen MR) is 98.7 cm³/mol. The molecule has 0 unspecified atom stereocenters. The molecule has 0 spiro atoms. The summed E-state index contributed by atoms with van der Waals surface area (Å²) in [5.41, 5.74) is 1.36. The van der Waals surface area contributed by atoms with Crippen LogP contribution in [0.3, 0.4) is 0 Å². The lowest BCUT2D eigenvalue weighted by atomic mass is 10.1. The molecule has 2 aromatic carbocycles. The Hall–Kier alpha value is -4.08. The molecular formula is C18H13N5O5. The number of imidazole rings is 1. The average Bonchev–Trinajstić information content (AvgIpc) is 3.36. The highest BCUT2D eigenvalue weighted by Crippen LogP contribution is 2.33. The summed E-state index contributed by atoms with van der Waals surface area (Å²) in [5.74, 6) is -0.445. The van der Waals surface area contributed by atoms with Crippen molar-refractivity contribution in [2.24, 2.45) is 0 Å². The molecule has 10 heteroatoms. The van der Waals surface area contributed by atoms with E-state index in [1.807, 2.05) is 0 Å². The van der Waals surface area contributed by atoms with Crippen LogP contribution >= 0.6 is 0 Å². The molecule has 28 heavy (non-hydrogen) atoms. The Bertz CT molecular complexity index is 1110. The molecule has 0 saturated carbocycles. The number of carbonyl (C=O) groups is 1. The lowest BCUT2D eigenvalue weighted by Crippen LogP contribution is -2.29. The second-order valence-electron chi connectivity index (χ2n) is 6.21. The highest BCUT2D eigenvalue weighted by molar-refractivity contribution is 6.08. The zero-order valence-electron chi connectivity index (χ0n) is 14.4. The lowest BCUT2D eigenvalue weighted by Gasteiger charge is -2.17. The van der Waals surface area contributed by atoms with Crippen LogP contribution in [0.5, 0.6) is 0 Å². The van der Waals surface area contributed by atoms with Crippen molar-refractivity contribution >= 4 is 23.0 Å². The van der Waals surface area contributed by atoms with Crippen molar-refractivity contribution in [3.05, 3.63) is 86.5 Å². The molecule has 0 saturated heterocycles. The highest BCUT2D eigenvalue weighted by Gasteiger charge is 2.29. The molecule has 1 amide bonds. The van der Waals surface area contributed by atoms with Gasteiger partial charge in [-0.2, -0.15) is 0 Å². The Balaban J connectivity index is 1.72. The molecule has 2 heterocycles. The number of carbonyl (C=O) groups excluding carboxylic acids is 1. The summed E-state index contributed by atoms with van der Waals surface area (Å²) < 4.78 is 1.49. The quantitative estimate of drug-likeness (QED) is 0.507. The van der Waals surface area contributed by atoms with Gasteiger partial charge >= 0.3 is 0 Å². The Morgan fingerprint density at radius 2 is 1.86 bits per heavy atom. The molecule has 0 atom stereocenters.